The topological polar surface area (TPSA) is 45.5 Å². The number of hydrogen-bond donors (Lipinski definition) is 1. The lowest BCUT2D eigenvalue weighted by atomic mass is 10.2. The van der Waals surface area contributed by atoms with E-state index in [2.05, 4.69) is 21.2 Å². The van der Waals surface area contributed by atoms with Gasteiger partial charge in [-0.3, -0.25) is 10.1 Å². The Morgan fingerprint density at radius 2 is 2.10 bits per heavy atom. The number of nitrogens with zero attached hydrogens (tertiary/aromatic N) is 1. The lowest BCUT2D eigenvalue weighted by Gasteiger charge is -2.23. The molecule has 0 saturated carbocycles. The molecule has 1 heterocycles. The first-order chi connectivity index (χ1) is 9.92. The van der Waals surface area contributed by atoms with Gasteiger partial charge in [-0.2, -0.15) is 0 Å². The van der Waals surface area contributed by atoms with E-state index in [1.807, 2.05) is 52.1 Å². The minimum atomic E-state index is -0.245. The first-order valence-corrected chi connectivity index (χ1v) is 7.91. The maximum atomic E-state index is 12.1. The zero-order valence-electron chi connectivity index (χ0n) is 12.8. The Balaban J connectivity index is 2.11. The molecule has 21 heavy (non-hydrogen) atoms. The fraction of sp³-hybridized carbons (Fsp3) is 0.438. The highest BCUT2D eigenvalue weighted by molar-refractivity contribution is 9.10. The summed E-state index contributed by atoms with van der Waals surface area (Å²) >= 11 is 3.45. The Kier molecular flexibility index (Phi) is 5.06. The number of rotatable bonds is 5. The summed E-state index contributed by atoms with van der Waals surface area (Å²) in [6, 6.07) is 7.66. The van der Waals surface area contributed by atoms with Crippen LogP contribution in [0.4, 0.5) is 0 Å². The molecule has 0 aliphatic heterocycles. The maximum absolute atomic E-state index is 12.1. The molecule has 0 bridgehead atoms. The molecule has 2 atom stereocenters. The molecule has 0 spiro atoms. The Morgan fingerprint density at radius 1 is 1.38 bits per heavy atom. The van der Waals surface area contributed by atoms with Gasteiger partial charge in [0.1, 0.15) is 11.3 Å². The highest BCUT2D eigenvalue weighted by Gasteiger charge is 2.20. The van der Waals surface area contributed by atoms with E-state index < -0.39 is 0 Å². The van der Waals surface area contributed by atoms with Crippen LogP contribution in [0, 0.1) is 0 Å². The number of halogens is 1. The van der Waals surface area contributed by atoms with Crippen LogP contribution in [0.1, 0.15) is 32.6 Å². The molecule has 5 heteroatoms. The molecule has 1 N–H and O–H groups in total. The lowest BCUT2D eigenvalue weighted by molar-refractivity contribution is -0.131. The van der Waals surface area contributed by atoms with Gasteiger partial charge in [0, 0.05) is 23.5 Å². The second-order valence-electron chi connectivity index (χ2n) is 5.29. The third kappa shape index (κ3) is 3.66. The van der Waals surface area contributed by atoms with Gasteiger partial charge in [0.2, 0.25) is 5.91 Å². The molecule has 0 fully saturated rings. The van der Waals surface area contributed by atoms with Gasteiger partial charge in [-0.1, -0.05) is 15.9 Å². The Bertz CT molecular complexity index is 638. The van der Waals surface area contributed by atoms with Gasteiger partial charge < -0.3 is 9.32 Å². The van der Waals surface area contributed by atoms with Gasteiger partial charge >= 0.3 is 0 Å². The van der Waals surface area contributed by atoms with Gasteiger partial charge in [-0.15, -0.1) is 0 Å². The number of likely N-dealkylation sites (N-methyl/N-ethyl adjacent to an activating group) is 1. The van der Waals surface area contributed by atoms with E-state index in [1.165, 1.54) is 0 Å². The summed E-state index contributed by atoms with van der Waals surface area (Å²) in [6.07, 6.45) is 0. The van der Waals surface area contributed by atoms with Crippen LogP contribution in [0.25, 0.3) is 11.0 Å². The third-order valence-corrected chi connectivity index (χ3v) is 4.14. The summed E-state index contributed by atoms with van der Waals surface area (Å²) in [5, 5.41) is 4.34. The summed E-state index contributed by atoms with van der Waals surface area (Å²) in [5.41, 5.74) is 0.853. The van der Waals surface area contributed by atoms with E-state index in [9.17, 15) is 4.79 Å². The van der Waals surface area contributed by atoms with E-state index >= 15 is 0 Å². The summed E-state index contributed by atoms with van der Waals surface area (Å²) < 4.78 is 6.87. The molecule has 2 aromatic rings. The Hall–Kier alpha value is -1.33. The second-order valence-corrected chi connectivity index (χ2v) is 6.21. The number of furan rings is 1. The van der Waals surface area contributed by atoms with Gasteiger partial charge in [0.25, 0.3) is 0 Å². The minimum absolute atomic E-state index is 0.0274. The predicted octanol–water partition coefficient (Wildman–Crippen LogP) is 3.71. The van der Waals surface area contributed by atoms with Crippen molar-refractivity contribution < 1.29 is 9.21 Å². The molecule has 1 aromatic carbocycles. The zero-order chi connectivity index (χ0) is 15.6. The van der Waals surface area contributed by atoms with Crippen molar-refractivity contribution in [1.29, 1.82) is 0 Å². The number of benzene rings is 1. The van der Waals surface area contributed by atoms with Crippen molar-refractivity contribution in [2.24, 2.45) is 0 Å². The molecular formula is C16H21BrN2O2. The number of carbonyl (C=O) groups is 1. The minimum Gasteiger partial charge on any atom is -0.459 e. The average Bonchev–Trinajstić information content (AvgIpc) is 2.88. The van der Waals surface area contributed by atoms with Crippen LogP contribution in [0.3, 0.4) is 0 Å². The van der Waals surface area contributed by atoms with Gasteiger partial charge in [0.15, 0.2) is 0 Å². The third-order valence-electron chi connectivity index (χ3n) is 3.65. The highest BCUT2D eigenvalue weighted by atomic mass is 79.9. The number of nitrogens with one attached hydrogen (secondary N) is 1. The zero-order valence-corrected chi connectivity index (χ0v) is 14.4. The van der Waals surface area contributed by atoms with Crippen LogP contribution < -0.4 is 5.32 Å². The van der Waals surface area contributed by atoms with Crippen molar-refractivity contribution in [2.45, 2.75) is 32.9 Å². The van der Waals surface area contributed by atoms with E-state index in [-0.39, 0.29) is 18.0 Å². The molecule has 0 aliphatic carbocycles. The fourth-order valence-corrected chi connectivity index (χ4v) is 2.64. The number of amides is 1. The van der Waals surface area contributed by atoms with E-state index in [0.29, 0.717) is 6.54 Å². The van der Waals surface area contributed by atoms with Crippen molar-refractivity contribution >= 4 is 32.8 Å². The first kappa shape index (κ1) is 16.0. The summed E-state index contributed by atoms with van der Waals surface area (Å²) in [5.74, 6) is 0.921. The fourth-order valence-electron chi connectivity index (χ4n) is 2.26. The van der Waals surface area contributed by atoms with E-state index in [4.69, 9.17) is 4.42 Å². The molecule has 0 saturated heterocycles. The van der Waals surface area contributed by atoms with Crippen molar-refractivity contribution in [3.8, 4) is 0 Å². The molecule has 2 rings (SSSR count). The van der Waals surface area contributed by atoms with Gasteiger partial charge in [-0.05, 0) is 45.0 Å². The average molecular weight is 353 g/mol. The normalized spacial score (nSPS) is 14.1. The molecule has 0 radical (unpaired) electrons. The van der Waals surface area contributed by atoms with Crippen LogP contribution in [0.15, 0.2) is 33.2 Å². The van der Waals surface area contributed by atoms with Crippen LogP contribution in [0.2, 0.25) is 0 Å². The van der Waals surface area contributed by atoms with Crippen molar-refractivity contribution in [1.82, 2.24) is 10.2 Å². The smallest absolute Gasteiger partial charge is 0.239 e. The van der Waals surface area contributed by atoms with Crippen molar-refractivity contribution in [3.63, 3.8) is 0 Å². The van der Waals surface area contributed by atoms with Crippen LogP contribution >= 0.6 is 15.9 Å². The largest absolute Gasteiger partial charge is 0.459 e. The van der Waals surface area contributed by atoms with Gasteiger partial charge in [-0.25, -0.2) is 0 Å². The maximum Gasteiger partial charge on any atom is 0.239 e. The SMILES string of the molecule is CCN(C)C(=O)C(C)NC(C)c1cc2cc(Br)ccc2o1. The molecule has 1 amide bonds. The van der Waals surface area contributed by atoms with E-state index in [0.717, 1.165) is 21.2 Å². The Labute approximate surface area is 133 Å². The second kappa shape index (κ2) is 6.62. The summed E-state index contributed by atoms with van der Waals surface area (Å²) in [6.45, 7) is 6.55. The van der Waals surface area contributed by atoms with Crippen molar-refractivity contribution in [3.05, 3.63) is 34.5 Å². The van der Waals surface area contributed by atoms with Crippen molar-refractivity contribution in [2.75, 3.05) is 13.6 Å². The Morgan fingerprint density at radius 3 is 2.76 bits per heavy atom. The standard InChI is InChI=1S/C16H21BrN2O2/c1-5-19(4)16(20)11(3)18-10(2)15-9-12-8-13(17)6-7-14(12)21-15/h6-11,18H,5H2,1-4H3. The van der Waals surface area contributed by atoms with E-state index in [1.54, 1.807) is 4.90 Å². The molecule has 114 valence electrons. The molecule has 2 unspecified atom stereocenters. The summed E-state index contributed by atoms with van der Waals surface area (Å²) in [7, 11) is 1.81. The first-order valence-electron chi connectivity index (χ1n) is 7.12. The number of hydrogen-bond acceptors (Lipinski definition) is 3. The van der Waals surface area contributed by atoms with Gasteiger partial charge in [0.05, 0.1) is 12.1 Å². The van der Waals surface area contributed by atoms with Crippen LogP contribution in [-0.2, 0) is 4.79 Å². The lowest BCUT2D eigenvalue weighted by Crippen LogP contribution is -2.43. The molecule has 0 aliphatic rings. The van der Waals surface area contributed by atoms with Crippen LogP contribution in [0.5, 0.6) is 0 Å². The molecule has 4 nitrogen and oxygen atoms in total. The predicted molar refractivity (Wildman–Crippen MR) is 88.2 cm³/mol. The number of fused-ring (bicyclic) bond motifs is 1. The quantitative estimate of drug-likeness (QED) is 0.891. The molecule has 1 aromatic heterocycles. The highest BCUT2D eigenvalue weighted by Crippen LogP contribution is 2.26. The summed E-state index contributed by atoms with van der Waals surface area (Å²) in [4.78, 5) is 13.8. The molecular weight excluding hydrogens is 332 g/mol. The monoisotopic (exact) mass is 352 g/mol. The van der Waals surface area contributed by atoms with Crippen LogP contribution in [-0.4, -0.2) is 30.4 Å². The number of carbonyl (C=O) groups excluding carboxylic acids is 1.